The molecule has 0 aliphatic rings. The van der Waals surface area contributed by atoms with Gasteiger partial charge in [0.2, 0.25) is 5.91 Å². The van der Waals surface area contributed by atoms with Gasteiger partial charge < -0.3 is 14.8 Å². The molecule has 0 spiro atoms. The van der Waals surface area contributed by atoms with Crippen LogP contribution in [0.25, 0.3) is 6.08 Å². The minimum absolute atomic E-state index is 0.179. The second kappa shape index (κ2) is 8.41. The fraction of sp³-hybridized carbons (Fsp3) is 0.211. The van der Waals surface area contributed by atoms with Crippen LogP contribution in [0.2, 0.25) is 5.02 Å². The third-order valence-electron chi connectivity index (χ3n) is 3.47. The molecule has 1 amide bonds. The van der Waals surface area contributed by atoms with Crippen molar-refractivity contribution in [3.63, 3.8) is 0 Å². The van der Waals surface area contributed by atoms with Gasteiger partial charge in [-0.25, -0.2) is 0 Å². The standard InChI is InChI=1S/C19H20ClNO3/c1-13-4-6-14(7-5-13)12-21-18(22)9-8-15-10-16(20)19(24-3)17(11-15)23-2/h4-11H,12H2,1-3H3,(H,21,22)/b9-8+. The lowest BCUT2D eigenvalue weighted by Gasteiger charge is -2.10. The maximum Gasteiger partial charge on any atom is 0.244 e. The molecule has 24 heavy (non-hydrogen) atoms. The summed E-state index contributed by atoms with van der Waals surface area (Å²) >= 11 is 6.14. The summed E-state index contributed by atoms with van der Waals surface area (Å²) in [6.07, 6.45) is 3.14. The van der Waals surface area contributed by atoms with E-state index in [2.05, 4.69) is 5.32 Å². The largest absolute Gasteiger partial charge is 0.493 e. The van der Waals surface area contributed by atoms with Crippen molar-refractivity contribution in [1.29, 1.82) is 0 Å². The Labute approximate surface area is 147 Å². The Morgan fingerprint density at radius 1 is 1.17 bits per heavy atom. The van der Waals surface area contributed by atoms with Crippen LogP contribution >= 0.6 is 11.6 Å². The molecule has 0 heterocycles. The molecule has 0 saturated carbocycles. The average molecular weight is 346 g/mol. The lowest BCUT2D eigenvalue weighted by atomic mass is 10.1. The number of aryl methyl sites for hydroxylation is 1. The quantitative estimate of drug-likeness (QED) is 0.805. The smallest absolute Gasteiger partial charge is 0.244 e. The van der Waals surface area contributed by atoms with Crippen molar-refractivity contribution in [3.05, 3.63) is 64.2 Å². The number of amides is 1. The monoisotopic (exact) mass is 345 g/mol. The number of benzene rings is 2. The maximum atomic E-state index is 11.9. The Hall–Kier alpha value is -2.46. The van der Waals surface area contributed by atoms with Gasteiger partial charge in [0.15, 0.2) is 11.5 Å². The molecular weight excluding hydrogens is 326 g/mol. The summed E-state index contributed by atoms with van der Waals surface area (Å²) in [7, 11) is 3.06. The number of ether oxygens (including phenoxy) is 2. The van der Waals surface area contributed by atoms with Crippen molar-refractivity contribution < 1.29 is 14.3 Å². The molecule has 5 heteroatoms. The molecule has 0 bridgehead atoms. The van der Waals surface area contributed by atoms with Crippen LogP contribution in [0.3, 0.4) is 0 Å². The van der Waals surface area contributed by atoms with Crippen molar-refractivity contribution in [3.8, 4) is 11.5 Å². The van der Waals surface area contributed by atoms with E-state index in [1.165, 1.54) is 25.9 Å². The summed E-state index contributed by atoms with van der Waals surface area (Å²) in [5.74, 6) is 0.811. The van der Waals surface area contributed by atoms with Crippen molar-refractivity contribution >= 4 is 23.6 Å². The van der Waals surface area contributed by atoms with E-state index in [0.717, 1.165) is 11.1 Å². The van der Waals surface area contributed by atoms with E-state index < -0.39 is 0 Å². The Kier molecular flexibility index (Phi) is 6.27. The first kappa shape index (κ1) is 17.9. The van der Waals surface area contributed by atoms with Crippen LogP contribution in [-0.4, -0.2) is 20.1 Å². The number of carbonyl (C=O) groups excluding carboxylic acids is 1. The topological polar surface area (TPSA) is 47.6 Å². The van der Waals surface area contributed by atoms with Crippen LogP contribution in [0, 0.1) is 6.92 Å². The van der Waals surface area contributed by atoms with Gasteiger partial charge in [0, 0.05) is 12.6 Å². The van der Waals surface area contributed by atoms with Crippen LogP contribution < -0.4 is 14.8 Å². The molecule has 4 nitrogen and oxygen atoms in total. The molecule has 0 saturated heterocycles. The number of hydrogen-bond acceptors (Lipinski definition) is 3. The molecule has 126 valence electrons. The number of rotatable bonds is 6. The number of halogens is 1. The van der Waals surface area contributed by atoms with Gasteiger partial charge in [-0.3, -0.25) is 4.79 Å². The molecule has 0 aromatic heterocycles. The van der Waals surface area contributed by atoms with Crippen molar-refractivity contribution in [2.75, 3.05) is 14.2 Å². The number of hydrogen-bond donors (Lipinski definition) is 1. The Balaban J connectivity index is 2.00. The van der Waals surface area contributed by atoms with Gasteiger partial charge in [0.25, 0.3) is 0 Å². The van der Waals surface area contributed by atoms with Gasteiger partial charge in [0.1, 0.15) is 0 Å². The van der Waals surface area contributed by atoms with E-state index in [0.29, 0.717) is 23.1 Å². The molecule has 2 aromatic rings. The molecule has 0 aliphatic heterocycles. The predicted molar refractivity (Wildman–Crippen MR) is 96.6 cm³/mol. The SMILES string of the molecule is COc1cc(/C=C/C(=O)NCc2ccc(C)cc2)cc(Cl)c1OC. The number of methoxy groups -OCH3 is 2. The minimum Gasteiger partial charge on any atom is -0.493 e. The van der Waals surface area contributed by atoms with Crippen LogP contribution in [0.4, 0.5) is 0 Å². The highest BCUT2D eigenvalue weighted by atomic mass is 35.5. The van der Waals surface area contributed by atoms with Crippen molar-refractivity contribution in [2.24, 2.45) is 0 Å². The van der Waals surface area contributed by atoms with Crippen LogP contribution in [-0.2, 0) is 11.3 Å². The van der Waals surface area contributed by atoms with Gasteiger partial charge in [-0.15, -0.1) is 0 Å². The maximum absolute atomic E-state index is 11.9. The zero-order chi connectivity index (χ0) is 17.5. The lowest BCUT2D eigenvalue weighted by molar-refractivity contribution is -0.116. The zero-order valence-corrected chi connectivity index (χ0v) is 14.7. The molecule has 0 aliphatic carbocycles. The van der Waals surface area contributed by atoms with E-state index in [-0.39, 0.29) is 5.91 Å². The molecule has 0 radical (unpaired) electrons. The van der Waals surface area contributed by atoms with E-state index in [4.69, 9.17) is 21.1 Å². The third kappa shape index (κ3) is 4.77. The zero-order valence-electron chi connectivity index (χ0n) is 13.9. The summed E-state index contributed by atoms with van der Waals surface area (Å²) in [4.78, 5) is 11.9. The van der Waals surface area contributed by atoms with E-state index in [1.54, 1.807) is 18.2 Å². The fourth-order valence-corrected chi connectivity index (χ4v) is 2.46. The van der Waals surface area contributed by atoms with Gasteiger partial charge in [-0.05, 0) is 36.3 Å². The van der Waals surface area contributed by atoms with Crippen molar-refractivity contribution in [1.82, 2.24) is 5.32 Å². The summed E-state index contributed by atoms with van der Waals surface area (Å²) in [6, 6.07) is 11.5. The molecule has 2 rings (SSSR count). The third-order valence-corrected chi connectivity index (χ3v) is 3.75. The Bertz CT molecular complexity index is 739. The molecule has 1 N–H and O–H groups in total. The Morgan fingerprint density at radius 2 is 1.88 bits per heavy atom. The van der Waals surface area contributed by atoms with Crippen LogP contribution in [0.15, 0.2) is 42.5 Å². The van der Waals surface area contributed by atoms with E-state index in [1.807, 2.05) is 31.2 Å². The lowest BCUT2D eigenvalue weighted by Crippen LogP contribution is -2.20. The molecular formula is C19H20ClNO3. The normalized spacial score (nSPS) is 10.7. The van der Waals surface area contributed by atoms with Gasteiger partial charge >= 0.3 is 0 Å². The highest BCUT2D eigenvalue weighted by molar-refractivity contribution is 6.32. The highest BCUT2D eigenvalue weighted by Crippen LogP contribution is 2.36. The first-order valence-corrected chi connectivity index (χ1v) is 7.84. The molecule has 0 atom stereocenters. The molecule has 0 unspecified atom stereocenters. The second-order valence-electron chi connectivity index (χ2n) is 5.27. The second-order valence-corrected chi connectivity index (χ2v) is 5.68. The highest BCUT2D eigenvalue weighted by Gasteiger charge is 2.09. The fourth-order valence-electron chi connectivity index (χ4n) is 2.16. The molecule has 0 fully saturated rings. The van der Waals surface area contributed by atoms with Crippen molar-refractivity contribution in [2.45, 2.75) is 13.5 Å². The van der Waals surface area contributed by atoms with Gasteiger partial charge in [-0.2, -0.15) is 0 Å². The summed E-state index contributed by atoms with van der Waals surface area (Å²) in [6.45, 7) is 2.51. The summed E-state index contributed by atoms with van der Waals surface area (Å²) in [5.41, 5.74) is 3.00. The van der Waals surface area contributed by atoms with E-state index >= 15 is 0 Å². The van der Waals surface area contributed by atoms with Crippen LogP contribution in [0.1, 0.15) is 16.7 Å². The van der Waals surface area contributed by atoms with Gasteiger partial charge in [-0.1, -0.05) is 41.4 Å². The number of nitrogens with one attached hydrogen (secondary N) is 1. The summed E-state index contributed by atoms with van der Waals surface area (Å²) in [5, 5.41) is 3.27. The Morgan fingerprint density at radius 3 is 2.50 bits per heavy atom. The number of carbonyl (C=O) groups is 1. The molecule has 2 aromatic carbocycles. The summed E-state index contributed by atoms with van der Waals surface area (Å²) < 4.78 is 10.4. The minimum atomic E-state index is -0.179. The van der Waals surface area contributed by atoms with Gasteiger partial charge in [0.05, 0.1) is 19.2 Å². The predicted octanol–water partition coefficient (Wildman–Crippen LogP) is 4.00. The first-order valence-electron chi connectivity index (χ1n) is 7.46. The average Bonchev–Trinajstić information content (AvgIpc) is 2.58. The van der Waals surface area contributed by atoms with Crippen LogP contribution in [0.5, 0.6) is 11.5 Å². The first-order chi connectivity index (χ1) is 11.5. The van der Waals surface area contributed by atoms with E-state index in [9.17, 15) is 4.79 Å².